The summed E-state index contributed by atoms with van der Waals surface area (Å²) in [5.74, 6) is 0.708. The zero-order chi connectivity index (χ0) is 20.2. The van der Waals surface area contributed by atoms with Crippen LogP contribution >= 0.6 is 0 Å². The summed E-state index contributed by atoms with van der Waals surface area (Å²) in [6.45, 7) is 0. The van der Waals surface area contributed by atoms with Crippen molar-refractivity contribution in [2.24, 2.45) is 5.92 Å². The molecule has 0 bridgehead atoms. The van der Waals surface area contributed by atoms with Crippen LogP contribution in [0.4, 0.5) is 0 Å². The van der Waals surface area contributed by atoms with Crippen molar-refractivity contribution in [3.8, 4) is 0 Å². The van der Waals surface area contributed by atoms with E-state index in [1.54, 1.807) is 0 Å². The molecule has 7 radical (unpaired) electrons. The van der Waals surface area contributed by atoms with Crippen LogP contribution in [0.3, 0.4) is 0 Å². The molecule has 1 aliphatic rings. The second-order valence-electron chi connectivity index (χ2n) is 7.80. The lowest BCUT2D eigenvalue weighted by molar-refractivity contribution is 0.410. The van der Waals surface area contributed by atoms with E-state index in [-0.39, 0.29) is 20.0 Å². The predicted octanol–water partition coefficient (Wildman–Crippen LogP) is 3.70. The molecule has 1 saturated carbocycles. The normalized spacial score (nSPS) is 16.7. The molecule has 0 aromatic heterocycles. The van der Waals surface area contributed by atoms with Gasteiger partial charge in [-0.05, 0) is 22.3 Å². The molecule has 0 saturated heterocycles. The summed E-state index contributed by atoms with van der Waals surface area (Å²) in [6, 6.07) is 22.9. The summed E-state index contributed by atoms with van der Waals surface area (Å²) in [7, 11) is 0.519. The summed E-state index contributed by atoms with van der Waals surface area (Å²) in [5.41, 5.74) is 0. The van der Waals surface area contributed by atoms with Gasteiger partial charge in [0, 0.05) is 0 Å². The summed E-state index contributed by atoms with van der Waals surface area (Å²) in [5, 5.41) is 2.68. The fraction of sp³-hybridized carbons (Fsp3) is 0.455. The third-order valence-corrected chi connectivity index (χ3v) is 12.3. The maximum absolute atomic E-state index is 6.76. The molecule has 0 unspecified atom stereocenters. The number of hydrogen-bond acceptors (Lipinski definition) is 3. The molecular formula is C22H29O3Si4. The van der Waals surface area contributed by atoms with Gasteiger partial charge in [-0.15, -0.1) is 0 Å². The molecule has 2 aromatic carbocycles. The fourth-order valence-electron chi connectivity index (χ4n) is 4.43. The van der Waals surface area contributed by atoms with Gasteiger partial charge in [-0.3, -0.25) is 0 Å². The molecular weight excluding hydrogens is 425 g/mol. The zero-order valence-corrected chi connectivity index (χ0v) is 20.9. The third kappa shape index (κ3) is 6.85. The monoisotopic (exact) mass is 453 g/mol. The van der Waals surface area contributed by atoms with Crippen molar-refractivity contribution in [2.75, 3.05) is 0 Å². The molecule has 2 aromatic rings. The first-order valence-electron chi connectivity index (χ1n) is 10.6. The van der Waals surface area contributed by atoms with Gasteiger partial charge in [0.2, 0.25) is 18.8 Å². The van der Waals surface area contributed by atoms with Crippen molar-refractivity contribution >= 4 is 49.2 Å². The smallest absolute Gasteiger partial charge is 0.411 e. The number of benzene rings is 2. The summed E-state index contributed by atoms with van der Waals surface area (Å²) >= 11 is 0. The van der Waals surface area contributed by atoms with E-state index in [0.717, 1.165) is 6.04 Å². The second-order valence-corrected chi connectivity index (χ2v) is 13.8. The van der Waals surface area contributed by atoms with Gasteiger partial charge in [-0.1, -0.05) is 112 Å². The Balaban J connectivity index is 1.93. The largest absolute Gasteiger partial charge is 0.435 e. The van der Waals surface area contributed by atoms with Crippen LogP contribution in [0.1, 0.15) is 51.4 Å². The van der Waals surface area contributed by atoms with E-state index in [0.29, 0.717) is 5.92 Å². The Hall–Kier alpha value is -0.812. The fourth-order valence-corrected chi connectivity index (χ4v) is 11.0. The highest BCUT2D eigenvalue weighted by atomic mass is 28.4. The van der Waals surface area contributed by atoms with Crippen molar-refractivity contribution in [1.82, 2.24) is 0 Å². The highest BCUT2D eigenvalue weighted by Gasteiger charge is 2.41. The molecule has 3 rings (SSSR count). The van der Waals surface area contributed by atoms with E-state index in [2.05, 4.69) is 71.1 Å². The molecule has 0 atom stereocenters. The topological polar surface area (TPSA) is 27.7 Å². The molecule has 0 spiro atoms. The maximum atomic E-state index is 6.76. The SMILES string of the molecule is [Si]O[Si]O[Si]O[Si](CC1CCCCCCCC1)(c1ccccc1)c1ccccc1. The Bertz CT molecular complexity index is 637. The van der Waals surface area contributed by atoms with E-state index >= 15 is 0 Å². The van der Waals surface area contributed by atoms with E-state index in [1.807, 2.05) is 0 Å². The minimum atomic E-state index is -2.42. The van der Waals surface area contributed by atoms with Gasteiger partial charge in [0.05, 0.1) is 0 Å². The molecule has 3 nitrogen and oxygen atoms in total. The Labute approximate surface area is 185 Å². The van der Waals surface area contributed by atoms with Crippen molar-refractivity contribution < 1.29 is 12.3 Å². The van der Waals surface area contributed by atoms with Crippen LogP contribution in [0, 0.1) is 5.92 Å². The summed E-state index contributed by atoms with van der Waals surface area (Å²) < 4.78 is 17.3. The minimum Gasteiger partial charge on any atom is -0.435 e. The van der Waals surface area contributed by atoms with Gasteiger partial charge in [0.1, 0.15) is 0 Å². The highest BCUT2D eigenvalue weighted by Crippen LogP contribution is 2.29. The number of hydrogen-bond donors (Lipinski definition) is 0. The first kappa shape index (κ1) is 22.9. The Morgan fingerprint density at radius 2 is 1.28 bits per heavy atom. The van der Waals surface area contributed by atoms with E-state index in [9.17, 15) is 0 Å². The van der Waals surface area contributed by atoms with Crippen LogP contribution in [-0.4, -0.2) is 38.8 Å². The average molecular weight is 454 g/mol. The molecule has 0 N–H and O–H groups in total. The molecule has 0 aliphatic heterocycles. The zero-order valence-electron chi connectivity index (χ0n) is 16.9. The lowest BCUT2D eigenvalue weighted by Gasteiger charge is -2.35. The van der Waals surface area contributed by atoms with Gasteiger partial charge in [0.15, 0.2) is 0 Å². The Morgan fingerprint density at radius 1 is 0.759 bits per heavy atom. The Morgan fingerprint density at radius 3 is 1.79 bits per heavy atom. The lowest BCUT2D eigenvalue weighted by Crippen LogP contribution is -2.62. The van der Waals surface area contributed by atoms with Gasteiger partial charge in [0.25, 0.3) is 0 Å². The van der Waals surface area contributed by atoms with Crippen LogP contribution in [0.5, 0.6) is 0 Å². The molecule has 1 fully saturated rings. The maximum Gasteiger partial charge on any atom is 0.411 e. The highest BCUT2D eigenvalue weighted by molar-refractivity contribution is 6.99. The van der Waals surface area contributed by atoms with E-state index in [4.69, 9.17) is 12.3 Å². The predicted molar refractivity (Wildman–Crippen MR) is 124 cm³/mol. The lowest BCUT2D eigenvalue weighted by atomic mass is 9.99. The van der Waals surface area contributed by atoms with E-state index in [1.165, 1.54) is 61.7 Å². The van der Waals surface area contributed by atoms with E-state index < -0.39 is 8.32 Å². The van der Waals surface area contributed by atoms with Crippen LogP contribution in [0.25, 0.3) is 0 Å². The molecule has 0 amide bonds. The summed E-state index contributed by atoms with van der Waals surface area (Å²) in [6.07, 6.45) is 10.8. The van der Waals surface area contributed by atoms with Crippen molar-refractivity contribution in [1.29, 1.82) is 0 Å². The van der Waals surface area contributed by atoms with Crippen molar-refractivity contribution in [3.63, 3.8) is 0 Å². The minimum absolute atomic E-state index is 0.0240. The van der Waals surface area contributed by atoms with Gasteiger partial charge < -0.3 is 12.3 Å². The van der Waals surface area contributed by atoms with Crippen LogP contribution in [-0.2, 0) is 12.3 Å². The van der Waals surface area contributed by atoms with Crippen molar-refractivity contribution in [2.45, 2.75) is 57.4 Å². The quantitative estimate of drug-likeness (QED) is 0.428. The van der Waals surface area contributed by atoms with Gasteiger partial charge in [-0.25, -0.2) is 0 Å². The molecule has 7 heteroatoms. The summed E-state index contributed by atoms with van der Waals surface area (Å²) in [4.78, 5) is 0. The second kappa shape index (κ2) is 12.8. The van der Waals surface area contributed by atoms with Gasteiger partial charge in [-0.2, -0.15) is 0 Å². The average Bonchev–Trinajstić information content (AvgIpc) is 2.91. The van der Waals surface area contributed by atoms with Crippen LogP contribution in [0.2, 0.25) is 6.04 Å². The van der Waals surface area contributed by atoms with Gasteiger partial charge >= 0.3 is 20.0 Å². The van der Waals surface area contributed by atoms with Crippen molar-refractivity contribution in [3.05, 3.63) is 60.7 Å². The Kier molecular flexibility index (Phi) is 10.1. The molecule has 151 valence electrons. The van der Waals surface area contributed by atoms with Crippen LogP contribution in [0.15, 0.2) is 60.7 Å². The standard InChI is InChI=1S/C22H29O3Si4/c26-23-27-24-28-25-29(21-15-9-5-10-16-21,22-17-11-6-12-18-22)19-20-13-7-3-1-2-4-8-14-20/h5-6,9-12,15-18,20H,1-4,7-8,13-14,19H2. The first-order chi connectivity index (χ1) is 14.3. The number of rotatable bonds is 9. The molecule has 1 aliphatic carbocycles. The third-order valence-electron chi connectivity index (χ3n) is 5.87. The molecule has 0 heterocycles. The molecule has 29 heavy (non-hydrogen) atoms. The first-order valence-corrected chi connectivity index (χ1v) is 14.8. The van der Waals surface area contributed by atoms with Crippen LogP contribution < -0.4 is 10.4 Å².